The Balaban J connectivity index is 1.74. The van der Waals surface area contributed by atoms with E-state index in [4.69, 9.17) is 20.9 Å². The summed E-state index contributed by atoms with van der Waals surface area (Å²) in [5, 5.41) is 0. The molecule has 0 fully saturated rings. The van der Waals surface area contributed by atoms with E-state index in [1.165, 1.54) is 5.56 Å². The fourth-order valence-electron chi connectivity index (χ4n) is 4.08. The highest BCUT2D eigenvalue weighted by molar-refractivity contribution is 5.82. The molecule has 0 saturated carbocycles. The van der Waals surface area contributed by atoms with Gasteiger partial charge in [0, 0.05) is 22.5 Å². The topological polar surface area (TPSA) is 70.5 Å². The Morgan fingerprint density at radius 1 is 0.600 bits per heavy atom. The summed E-state index contributed by atoms with van der Waals surface area (Å²) in [5.41, 5.74) is 18.5. The van der Waals surface area contributed by atoms with Gasteiger partial charge in [-0.15, -0.1) is 0 Å². The lowest BCUT2D eigenvalue weighted by atomic mass is 10.00. The standard InChI is InChI=1S/C26H22N2O2/c1-17-5-4-8-24-25(17)22-6-2-3-7-23(22)26(24,29-20-13-9-18(27)10-14-20)30-21-15-11-19(28)12-16-21/h2-16H,27-28H2,1H3. The van der Waals surface area contributed by atoms with E-state index < -0.39 is 5.79 Å². The van der Waals surface area contributed by atoms with Crippen LogP contribution in [0.4, 0.5) is 11.4 Å². The van der Waals surface area contributed by atoms with E-state index in [0.29, 0.717) is 22.9 Å². The van der Waals surface area contributed by atoms with Crippen LogP contribution in [0.1, 0.15) is 16.7 Å². The molecule has 4 N–H and O–H groups in total. The van der Waals surface area contributed by atoms with E-state index in [2.05, 4.69) is 31.2 Å². The molecule has 0 aliphatic heterocycles. The minimum absolute atomic E-state index is 0.670. The van der Waals surface area contributed by atoms with Crippen LogP contribution in [0.2, 0.25) is 0 Å². The van der Waals surface area contributed by atoms with Crippen LogP contribution in [-0.2, 0) is 5.79 Å². The molecule has 0 heterocycles. The van der Waals surface area contributed by atoms with Crippen molar-refractivity contribution in [3.05, 3.63) is 108 Å². The van der Waals surface area contributed by atoms with Crippen molar-refractivity contribution in [2.45, 2.75) is 12.7 Å². The summed E-state index contributed by atoms with van der Waals surface area (Å²) in [5.74, 6) is 0.206. The molecule has 0 radical (unpaired) electrons. The number of aryl methyl sites for hydroxylation is 1. The Morgan fingerprint density at radius 2 is 1.13 bits per heavy atom. The second-order valence-corrected chi connectivity index (χ2v) is 7.50. The van der Waals surface area contributed by atoms with Crippen LogP contribution >= 0.6 is 0 Å². The Kier molecular flexibility index (Phi) is 4.14. The van der Waals surface area contributed by atoms with Crippen LogP contribution in [0.25, 0.3) is 11.1 Å². The SMILES string of the molecule is Cc1cccc2c1-c1ccccc1C2(Oc1ccc(N)cc1)Oc1ccc(N)cc1. The first-order chi connectivity index (χ1) is 14.6. The van der Waals surface area contributed by atoms with Crippen molar-refractivity contribution in [2.24, 2.45) is 0 Å². The first-order valence-electron chi connectivity index (χ1n) is 9.86. The monoisotopic (exact) mass is 394 g/mol. The number of nitrogen functional groups attached to an aromatic ring is 2. The summed E-state index contributed by atoms with van der Waals surface area (Å²) < 4.78 is 13.3. The third-order valence-electron chi connectivity index (χ3n) is 5.46. The third-order valence-corrected chi connectivity index (χ3v) is 5.46. The first kappa shape index (κ1) is 18.1. The number of hydrogen-bond acceptors (Lipinski definition) is 4. The Bertz CT molecular complexity index is 1170. The molecule has 4 heteroatoms. The predicted molar refractivity (Wildman–Crippen MR) is 120 cm³/mol. The van der Waals surface area contributed by atoms with Gasteiger partial charge >= 0.3 is 5.79 Å². The van der Waals surface area contributed by atoms with E-state index in [1.54, 1.807) is 0 Å². The van der Waals surface area contributed by atoms with Crippen molar-refractivity contribution >= 4 is 11.4 Å². The van der Waals surface area contributed by atoms with E-state index in [0.717, 1.165) is 22.3 Å². The molecule has 0 unspecified atom stereocenters. The number of fused-ring (bicyclic) bond motifs is 3. The van der Waals surface area contributed by atoms with Crippen LogP contribution in [0.15, 0.2) is 91.0 Å². The van der Waals surface area contributed by atoms with Crippen molar-refractivity contribution < 1.29 is 9.47 Å². The van der Waals surface area contributed by atoms with Gasteiger partial charge in [0.15, 0.2) is 0 Å². The zero-order valence-electron chi connectivity index (χ0n) is 16.6. The van der Waals surface area contributed by atoms with Crippen molar-refractivity contribution in [1.29, 1.82) is 0 Å². The van der Waals surface area contributed by atoms with Crippen LogP contribution in [0, 0.1) is 6.92 Å². The van der Waals surface area contributed by atoms with Gasteiger partial charge in [-0.2, -0.15) is 0 Å². The number of benzene rings is 4. The second kappa shape index (κ2) is 6.85. The Labute approximate surface area is 175 Å². The third kappa shape index (κ3) is 2.85. The summed E-state index contributed by atoms with van der Waals surface area (Å²) >= 11 is 0. The highest BCUT2D eigenvalue weighted by Gasteiger charge is 2.49. The van der Waals surface area contributed by atoms with Gasteiger partial charge in [0.1, 0.15) is 11.5 Å². The molecule has 1 aliphatic rings. The molecule has 0 amide bonds. The van der Waals surface area contributed by atoms with Gasteiger partial charge in [-0.25, -0.2) is 0 Å². The van der Waals surface area contributed by atoms with Gasteiger partial charge in [0.25, 0.3) is 0 Å². The lowest BCUT2D eigenvalue weighted by molar-refractivity contribution is -0.0806. The molecule has 0 spiro atoms. The molecular formula is C26H22N2O2. The largest absolute Gasteiger partial charge is 0.444 e. The molecule has 4 nitrogen and oxygen atoms in total. The molecule has 4 aromatic rings. The highest BCUT2D eigenvalue weighted by atomic mass is 16.7. The minimum Gasteiger partial charge on any atom is -0.444 e. The molecule has 1 aliphatic carbocycles. The summed E-state index contributed by atoms with van der Waals surface area (Å²) in [7, 11) is 0. The molecule has 0 atom stereocenters. The van der Waals surface area contributed by atoms with Crippen LogP contribution in [-0.4, -0.2) is 0 Å². The summed E-state index contributed by atoms with van der Waals surface area (Å²) in [6, 6.07) is 29.2. The van der Waals surface area contributed by atoms with Gasteiger partial charge in [-0.05, 0) is 72.1 Å². The maximum absolute atomic E-state index is 6.65. The van der Waals surface area contributed by atoms with E-state index in [-0.39, 0.29) is 0 Å². The maximum atomic E-state index is 6.65. The fourth-order valence-corrected chi connectivity index (χ4v) is 4.08. The summed E-state index contributed by atoms with van der Waals surface area (Å²) in [4.78, 5) is 0. The van der Waals surface area contributed by atoms with E-state index in [1.807, 2.05) is 66.7 Å². The number of hydrogen-bond donors (Lipinski definition) is 2. The van der Waals surface area contributed by atoms with Gasteiger partial charge in [-0.3, -0.25) is 0 Å². The molecule has 148 valence electrons. The number of nitrogens with two attached hydrogens (primary N) is 2. The molecule has 0 bridgehead atoms. The van der Waals surface area contributed by atoms with Crippen molar-refractivity contribution in [3.8, 4) is 22.6 Å². The summed E-state index contributed by atoms with van der Waals surface area (Å²) in [6.45, 7) is 2.11. The van der Waals surface area contributed by atoms with Gasteiger partial charge in [0.05, 0.1) is 0 Å². The zero-order chi connectivity index (χ0) is 20.7. The lowest BCUT2D eigenvalue weighted by Gasteiger charge is -2.33. The first-order valence-corrected chi connectivity index (χ1v) is 9.86. The smallest absolute Gasteiger partial charge is 0.306 e. The van der Waals surface area contributed by atoms with Gasteiger partial charge in [0.2, 0.25) is 0 Å². The zero-order valence-corrected chi connectivity index (χ0v) is 16.6. The number of rotatable bonds is 4. The molecule has 0 aromatic heterocycles. The number of ether oxygens (including phenoxy) is 2. The predicted octanol–water partition coefficient (Wildman–Crippen LogP) is 5.50. The van der Waals surface area contributed by atoms with Crippen LogP contribution in [0.3, 0.4) is 0 Å². The van der Waals surface area contributed by atoms with Crippen LogP contribution < -0.4 is 20.9 Å². The van der Waals surface area contributed by atoms with Crippen LogP contribution in [0.5, 0.6) is 11.5 Å². The fraction of sp³-hybridized carbons (Fsp3) is 0.0769. The summed E-state index contributed by atoms with van der Waals surface area (Å²) in [6.07, 6.45) is 0. The lowest BCUT2D eigenvalue weighted by Crippen LogP contribution is -2.39. The van der Waals surface area contributed by atoms with Gasteiger partial charge in [-0.1, -0.05) is 42.5 Å². The minimum atomic E-state index is -1.13. The molecular weight excluding hydrogens is 372 g/mol. The second-order valence-electron chi connectivity index (χ2n) is 7.50. The average molecular weight is 394 g/mol. The molecule has 5 rings (SSSR count). The molecule has 30 heavy (non-hydrogen) atoms. The highest BCUT2D eigenvalue weighted by Crippen LogP contribution is 2.51. The van der Waals surface area contributed by atoms with Crippen molar-refractivity contribution in [1.82, 2.24) is 0 Å². The van der Waals surface area contributed by atoms with Crippen molar-refractivity contribution in [3.63, 3.8) is 0 Å². The molecule has 4 aromatic carbocycles. The van der Waals surface area contributed by atoms with E-state index >= 15 is 0 Å². The Morgan fingerprint density at radius 3 is 1.73 bits per heavy atom. The van der Waals surface area contributed by atoms with Crippen molar-refractivity contribution in [2.75, 3.05) is 11.5 Å². The molecule has 0 saturated heterocycles. The Hall–Kier alpha value is -3.92. The quantitative estimate of drug-likeness (QED) is 0.354. The van der Waals surface area contributed by atoms with Gasteiger partial charge < -0.3 is 20.9 Å². The normalized spacial score (nSPS) is 13.4. The van der Waals surface area contributed by atoms with E-state index in [9.17, 15) is 0 Å². The number of anilines is 2. The maximum Gasteiger partial charge on any atom is 0.306 e. The average Bonchev–Trinajstić information content (AvgIpc) is 3.03.